The molecule has 0 saturated heterocycles. The minimum absolute atomic E-state index is 0.00559. The van der Waals surface area contributed by atoms with E-state index in [4.69, 9.17) is 0 Å². The Hall–Kier alpha value is -2.08. The van der Waals surface area contributed by atoms with Crippen LogP contribution in [0.15, 0.2) is 30.3 Å². The van der Waals surface area contributed by atoms with Gasteiger partial charge in [-0.25, -0.2) is 0 Å². The highest BCUT2D eigenvalue weighted by Gasteiger charge is 2.53. The average Bonchev–Trinajstić information content (AvgIpc) is 3.01. The largest absolute Gasteiger partial charge is 0.349 e. The number of nitrogens with one attached hydrogen (secondary N) is 1. The fourth-order valence-corrected chi connectivity index (χ4v) is 4.15. The number of hydrogen-bond donors (Lipinski definition) is 1. The molecule has 1 amide bonds. The van der Waals surface area contributed by atoms with Crippen molar-refractivity contribution in [2.24, 2.45) is 17.3 Å². The van der Waals surface area contributed by atoms with Gasteiger partial charge in [0.2, 0.25) is 5.91 Å². The summed E-state index contributed by atoms with van der Waals surface area (Å²) in [6.07, 6.45) is 0.638. The van der Waals surface area contributed by atoms with Gasteiger partial charge in [-0.1, -0.05) is 55.5 Å². The number of Topliss-reactive ketones (excluding diaryl/α,β-unsaturated/α-hetero) is 1. The summed E-state index contributed by atoms with van der Waals surface area (Å²) < 4.78 is 0. The normalized spacial score (nSPS) is 21.8. The first kappa shape index (κ1) is 16.8. The van der Waals surface area contributed by atoms with E-state index in [0.717, 1.165) is 15.6 Å². The van der Waals surface area contributed by atoms with Gasteiger partial charge >= 0.3 is 0 Å². The molecule has 0 unspecified atom stereocenters. The van der Waals surface area contributed by atoms with E-state index in [2.05, 4.69) is 15.5 Å². The van der Waals surface area contributed by atoms with Crippen LogP contribution in [-0.4, -0.2) is 21.9 Å². The number of rotatable bonds is 5. The molecule has 1 aromatic heterocycles. The number of nitrogens with zero attached hydrogens (tertiary/aromatic N) is 2. The molecule has 0 aliphatic heterocycles. The zero-order valence-electron chi connectivity index (χ0n) is 14.1. The SMILES string of the molecule is CC(=O)[C@@H]1C[C@H](C(=O)NCc2nnc(-c3ccccc3)s2)C1(C)C. The monoisotopic (exact) mass is 343 g/mol. The first-order valence-corrected chi connectivity index (χ1v) is 8.87. The number of aromatic nitrogens is 2. The van der Waals surface area contributed by atoms with Gasteiger partial charge in [0.05, 0.1) is 6.54 Å². The number of carbonyl (C=O) groups excluding carboxylic acids is 2. The summed E-state index contributed by atoms with van der Waals surface area (Å²) in [7, 11) is 0. The summed E-state index contributed by atoms with van der Waals surface area (Å²) in [6.45, 7) is 5.96. The Kier molecular flexibility index (Phi) is 4.49. The van der Waals surface area contributed by atoms with Crippen molar-refractivity contribution in [3.63, 3.8) is 0 Å². The van der Waals surface area contributed by atoms with Gasteiger partial charge in [-0.05, 0) is 18.8 Å². The molecule has 2 atom stereocenters. The lowest BCUT2D eigenvalue weighted by molar-refractivity contribution is -0.148. The van der Waals surface area contributed by atoms with E-state index in [9.17, 15) is 9.59 Å². The Balaban J connectivity index is 1.58. The lowest BCUT2D eigenvalue weighted by Crippen LogP contribution is -2.54. The van der Waals surface area contributed by atoms with Crippen LogP contribution in [0.3, 0.4) is 0 Å². The summed E-state index contributed by atoms with van der Waals surface area (Å²) in [5, 5.41) is 12.9. The molecule has 0 spiro atoms. The second kappa shape index (κ2) is 6.43. The van der Waals surface area contributed by atoms with Crippen LogP contribution in [0.4, 0.5) is 0 Å². The van der Waals surface area contributed by atoms with Crippen molar-refractivity contribution in [1.82, 2.24) is 15.5 Å². The topological polar surface area (TPSA) is 72.0 Å². The maximum atomic E-state index is 12.4. The zero-order valence-corrected chi connectivity index (χ0v) is 14.9. The number of benzene rings is 1. The number of carbonyl (C=O) groups is 2. The van der Waals surface area contributed by atoms with Crippen molar-refractivity contribution in [2.75, 3.05) is 0 Å². The molecule has 1 fully saturated rings. The summed E-state index contributed by atoms with van der Waals surface area (Å²) >= 11 is 1.48. The molecular formula is C18H21N3O2S. The molecule has 1 N–H and O–H groups in total. The zero-order chi connectivity index (χ0) is 17.3. The van der Waals surface area contributed by atoms with Crippen LogP contribution in [0.1, 0.15) is 32.2 Å². The lowest BCUT2D eigenvalue weighted by atomic mass is 9.53. The van der Waals surface area contributed by atoms with E-state index < -0.39 is 0 Å². The van der Waals surface area contributed by atoms with Gasteiger partial charge in [-0.2, -0.15) is 0 Å². The van der Waals surface area contributed by atoms with Crippen molar-refractivity contribution in [1.29, 1.82) is 0 Å². The molecule has 5 nitrogen and oxygen atoms in total. The van der Waals surface area contributed by atoms with Crippen molar-refractivity contribution >= 4 is 23.0 Å². The first-order valence-electron chi connectivity index (χ1n) is 8.05. The third kappa shape index (κ3) is 3.11. The highest BCUT2D eigenvalue weighted by atomic mass is 32.1. The molecule has 1 aliphatic rings. The van der Waals surface area contributed by atoms with E-state index in [1.165, 1.54) is 11.3 Å². The van der Waals surface area contributed by atoms with Crippen molar-refractivity contribution in [3.8, 4) is 10.6 Å². The maximum absolute atomic E-state index is 12.4. The van der Waals surface area contributed by atoms with Crippen LogP contribution in [0.2, 0.25) is 0 Å². The van der Waals surface area contributed by atoms with E-state index in [0.29, 0.717) is 13.0 Å². The highest BCUT2D eigenvalue weighted by molar-refractivity contribution is 7.14. The van der Waals surface area contributed by atoms with E-state index >= 15 is 0 Å². The van der Waals surface area contributed by atoms with Crippen molar-refractivity contribution in [2.45, 2.75) is 33.7 Å². The molecule has 0 radical (unpaired) electrons. The minimum Gasteiger partial charge on any atom is -0.349 e. The smallest absolute Gasteiger partial charge is 0.224 e. The summed E-state index contributed by atoms with van der Waals surface area (Å²) in [5.41, 5.74) is 0.753. The Bertz CT molecular complexity index is 755. The van der Waals surface area contributed by atoms with Gasteiger partial charge in [0, 0.05) is 17.4 Å². The molecule has 1 heterocycles. The predicted octanol–water partition coefficient (Wildman–Crippen LogP) is 3.07. The third-order valence-corrected chi connectivity index (χ3v) is 5.95. The van der Waals surface area contributed by atoms with Gasteiger partial charge in [0.1, 0.15) is 15.8 Å². The van der Waals surface area contributed by atoms with E-state index in [-0.39, 0.29) is 28.9 Å². The molecule has 24 heavy (non-hydrogen) atoms. The minimum atomic E-state index is -0.272. The molecule has 2 aromatic rings. The fraction of sp³-hybridized carbons (Fsp3) is 0.444. The van der Waals surface area contributed by atoms with Crippen LogP contribution in [0.5, 0.6) is 0 Å². The average molecular weight is 343 g/mol. The van der Waals surface area contributed by atoms with Crippen LogP contribution in [0, 0.1) is 17.3 Å². The van der Waals surface area contributed by atoms with Crippen molar-refractivity contribution in [3.05, 3.63) is 35.3 Å². The lowest BCUT2D eigenvalue weighted by Gasteiger charge is -2.49. The van der Waals surface area contributed by atoms with Gasteiger partial charge in [-0.3, -0.25) is 9.59 Å². The van der Waals surface area contributed by atoms with Crippen LogP contribution < -0.4 is 5.32 Å². The summed E-state index contributed by atoms with van der Waals surface area (Å²) in [4.78, 5) is 24.0. The van der Waals surface area contributed by atoms with Gasteiger partial charge in [-0.15, -0.1) is 10.2 Å². The second-order valence-electron chi connectivity index (χ2n) is 6.86. The number of hydrogen-bond acceptors (Lipinski definition) is 5. The maximum Gasteiger partial charge on any atom is 0.224 e. The van der Waals surface area contributed by atoms with Gasteiger partial charge < -0.3 is 5.32 Å². The first-order chi connectivity index (χ1) is 11.4. The molecule has 1 aliphatic carbocycles. The predicted molar refractivity (Wildman–Crippen MR) is 93.3 cm³/mol. The van der Waals surface area contributed by atoms with Crippen molar-refractivity contribution < 1.29 is 9.59 Å². The van der Waals surface area contributed by atoms with Gasteiger partial charge in [0.15, 0.2) is 0 Å². The van der Waals surface area contributed by atoms with Crippen LogP contribution in [-0.2, 0) is 16.1 Å². The molecule has 1 aromatic carbocycles. The van der Waals surface area contributed by atoms with E-state index in [1.54, 1.807) is 6.92 Å². The highest BCUT2D eigenvalue weighted by Crippen LogP contribution is 2.51. The summed E-state index contributed by atoms with van der Waals surface area (Å²) in [5.74, 6) is 0.0296. The summed E-state index contributed by atoms with van der Waals surface area (Å²) in [6, 6.07) is 9.86. The Morgan fingerprint density at radius 1 is 1.21 bits per heavy atom. The number of amides is 1. The molecule has 3 rings (SSSR count). The standard InChI is InChI=1S/C18H21N3O2S/c1-11(22)13-9-14(18(13,2)3)16(23)19-10-15-20-21-17(24-15)12-7-5-4-6-8-12/h4-8,13-14H,9-10H2,1-3H3,(H,19,23)/t13-,14+/m0/s1. The second-order valence-corrected chi connectivity index (χ2v) is 7.92. The van der Waals surface area contributed by atoms with Crippen LogP contribution >= 0.6 is 11.3 Å². The molecule has 1 saturated carbocycles. The Morgan fingerprint density at radius 2 is 1.92 bits per heavy atom. The Labute approximate surface area is 145 Å². The molecule has 126 valence electrons. The van der Waals surface area contributed by atoms with Crippen LogP contribution in [0.25, 0.3) is 10.6 Å². The molecule has 0 bridgehead atoms. The van der Waals surface area contributed by atoms with Gasteiger partial charge in [0.25, 0.3) is 0 Å². The molecule has 6 heteroatoms. The Morgan fingerprint density at radius 3 is 2.54 bits per heavy atom. The van der Waals surface area contributed by atoms with E-state index in [1.807, 2.05) is 44.2 Å². The molecular weight excluding hydrogens is 322 g/mol. The number of ketones is 1. The quantitative estimate of drug-likeness (QED) is 0.905. The fourth-order valence-electron chi connectivity index (χ4n) is 3.37. The third-order valence-electron chi connectivity index (χ3n) is 4.98.